The Morgan fingerprint density at radius 3 is 2.59 bits per heavy atom. The number of nitrogens with one attached hydrogen (secondary N) is 1. The van der Waals surface area contributed by atoms with Crippen LogP contribution in [0.5, 0.6) is 0 Å². The van der Waals surface area contributed by atoms with E-state index in [-0.39, 0.29) is 18.5 Å². The third kappa shape index (κ3) is 5.40. The number of aryl methyl sites for hydroxylation is 2. The van der Waals surface area contributed by atoms with Crippen LogP contribution in [0.15, 0.2) is 36.4 Å². The highest BCUT2D eigenvalue weighted by atomic mass is 16.2. The van der Waals surface area contributed by atoms with Gasteiger partial charge in [-0.05, 0) is 39.6 Å². The Bertz CT molecular complexity index is 755. The molecule has 27 heavy (non-hydrogen) atoms. The van der Waals surface area contributed by atoms with E-state index < -0.39 is 0 Å². The lowest BCUT2D eigenvalue weighted by Gasteiger charge is -2.23. The molecule has 6 nitrogen and oxygen atoms in total. The van der Waals surface area contributed by atoms with Crippen LogP contribution < -0.4 is 5.32 Å². The van der Waals surface area contributed by atoms with Crippen molar-refractivity contribution in [2.24, 2.45) is 5.92 Å². The van der Waals surface area contributed by atoms with Gasteiger partial charge >= 0.3 is 0 Å². The zero-order chi connectivity index (χ0) is 19.4. The molecule has 0 aliphatic carbocycles. The van der Waals surface area contributed by atoms with Crippen LogP contribution in [0.2, 0.25) is 0 Å². The molecule has 0 radical (unpaired) electrons. The van der Waals surface area contributed by atoms with Gasteiger partial charge in [-0.3, -0.25) is 14.4 Å². The van der Waals surface area contributed by atoms with Crippen molar-refractivity contribution in [1.29, 1.82) is 0 Å². The van der Waals surface area contributed by atoms with Crippen molar-refractivity contribution in [1.82, 2.24) is 24.9 Å². The van der Waals surface area contributed by atoms with Crippen molar-refractivity contribution in [3.05, 3.63) is 53.3 Å². The van der Waals surface area contributed by atoms with Crippen LogP contribution in [-0.4, -0.2) is 65.3 Å². The Kier molecular flexibility index (Phi) is 6.29. The second-order valence-corrected chi connectivity index (χ2v) is 7.96. The third-order valence-electron chi connectivity index (χ3n) is 5.11. The first-order valence-corrected chi connectivity index (χ1v) is 9.62. The Hall–Kier alpha value is -2.18. The van der Waals surface area contributed by atoms with Gasteiger partial charge in [-0.15, -0.1) is 0 Å². The quantitative estimate of drug-likeness (QED) is 0.807. The van der Waals surface area contributed by atoms with E-state index in [1.807, 2.05) is 26.0 Å². The number of benzene rings is 1. The molecule has 0 unspecified atom stereocenters. The molecule has 1 aromatic heterocycles. The molecule has 1 fully saturated rings. The molecule has 1 saturated heterocycles. The number of likely N-dealkylation sites (tertiary alicyclic amines) is 1. The molecular formula is C21H31N5O. The minimum Gasteiger partial charge on any atom is -0.350 e. The Balaban J connectivity index is 1.62. The lowest BCUT2D eigenvalue weighted by atomic mass is 10.0. The molecule has 6 heteroatoms. The smallest absolute Gasteiger partial charge is 0.242 e. The summed E-state index contributed by atoms with van der Waals surface area (Å²) in [4.78, 5) is 17.3. The predicted octanol–water partition coefficient (Wildman–Crippen LogP) is 1.68. The summed E-state index contributed by atoms with van der Waals surface area (Å²) in [7, 11) is 4.18. The van der Waals surface area contributed by atoms with Gasteiger partial charge in [-0.1, -0.05) is 30.3 Å². The molecule has 1 aromatic carbocycles. The molecule has 2 atom stereocenters. The van der Waals surface area contributed by atoms with E-state index in [9.17, 15) is 4.79 Å². The Morgan fingerprint density at radius 1 is 1.22 bits per heavy atom. The van der Waals surface area contributed by atoms with Crippen LogP contribution in [0.3, 0.4) is 0 Å². The van der Waals surface area contributed by atoms with Crippen molar-refractivity contribution in [3.63, 3.8) is 0 Å². The molecule has 146 valence electrons. The first-order chi connectivity index (χ1) is 12.9. The molecule has 1 aliphatic heterocycles. The van der Waals surface area contributed by atoms with E-state index in [1.54, 1.807) is 4.68 Å². The molecule has 2 heterocycles. The maximum Gasteiger partial charge on any atom is 0.242 e. The largest absolute Gasteiger partial charge is 0.350 e. The van der Waals surface area contributed by atoms with Gasteiger partial charge in [0.15, 0.2) is 0 Å². The SMILES string of the molecule is Cc1cc(C)n(CC(=O)N[C@@H]2CN(Cc3ccccc3)C[C@H]2CN(C)C)n1. The summed E-state index contributed by atoms with van der Waals surface area (Å²) < 4.78 is 1.78. The van der Waals surface area contributed by atoms with E-state index in [2.05, 4.69) is 58.6 Å². The molecule has 1 aliphatic rings. The fourth-order valence-corrected chi connectivity index (χ4v) is 3.97. The minimum atomic E-state index is 0.0384. The average molecular weight is 370 g/mol. The first-order valence-electron chi connectivity index (χ1n) is 9.62. The minimum absolute atomic E-state index is 0.0384. The molecule has 0 bridgehead atoms. The van der Waals surface area contributed by atoms with Crippen LogP contribution in [0, 0.1) is 19.8 Å². The van der Waals surface area contributed by atoms with Gasteiger partial charge in [0.05, 0.1) is 5.69 Å². The number of hydrogen-bond acceptors (Lipinski definition) is 4. The summed E-state index contributed by atoms with van der Waals surface area (Å²) in [5.41, 5.74) is 3.28. The fraction of sp³-hybridized carbons (Fsp3) is 0.524. The van der Waals surface area contributed by atoms with Crippen molar-refractivity contribution in [3.8, 4) is 0 Å². The van der Waals surface area contributed by atoms with E-state index in [0.717, 1.165) is 37.6 Å². The number of nitrogens with zero attached hydrogens (tertiary/aromatic N) is 4. The molecule has 0 saturated carbocycles. The third-order valence-corrected chi connectivity index (χ3v) is 5.11. The first kappa shape index (κ1) is 19.6. The summed E-state index contributed by atoms with van der Waals surface area (Å²) in [6.07, 6.45) is 0. The topological polar surface area (TPSA) is 53.4 Å². The number of carbonyl (C=O) groups excluding carboxylic acids is 1. The number of amides is 1. The van der Waals surface area contributed by atoms with Gasteiger partial charge in [-0.2, -0.15) is 5.10 Å². The number of carbonyl (C=O) groups is 1. The van der Waals surface area contributed by atoms with Gasteiger partial charge < -0.3 is 10.2 Å². The fourth-order valence-electron chi connectivity index (χ4n) is 3.97. The molecule has 1 amide bonds. The average Bonchev–Trinajstić information content (AvgIpc) is 3.10. The van der Waals surface area contributed by atoms with E-state index in [0.29, 0.717) is 5.92 Å². The standard InChI is InChI=1S/C21H31N5O/c1-16-10-17(2)26(23-16)15-21(27)22-20-14-25(13-19(20)12-24(3)4)11-18-8-6-5-7-9-18/h5-10,19-20H,11-15H2,1-4H3,(H,22,27)/t19-,20-/m1/s1. The van der Waals surface area contributed by atoms with E-state index >= 15 is 0 Å². The summed E-state index contributed by atoms with van der Waals surface area (Å²) in [5.74, 6) is 0.463. The van der Waals surface area contributed by atoms with Crippen LogP contribution in [0.4, 0.5) is 0 Å². The van der Waals surface area contributed by atoms with Crippen LogP contribution in [0.25, 0.3) is 0 Å². The number of rotatable bonds is 7. The molecule has 1 N–H and O–H groups in total. The maximum atomic E-state index is 12.6. The summed E-state index contributed by atoms with van der Waals surface area (Å²) in [5, 5.41) is 7.67. The number of aromatic nitrogens is 2. The predicted molar refractivity (Wildman–Crippen MR) is 107 cm³/mol. The van der Waals surface area contributed by atoms with Crippen LogP contribution >= 0.6 is 0 Å². The molecule has 2 aromatic rings. The summed E-state index contributed by atoms with van der Waals surface area (Å²) in [6, 6.07) is 12.7. The van der Waals surface area contributed by atoms with E-state index in [4.69, 9.17) is 0 Å². The van der Waals surface area contributed by atoms with Crippen LogP contribution in [-0.2, 0) is 17.9 Å². The molecular weight excluding hydrogens is 338 g/mol. The lowest BCUT2D eigenvalue weighted by molar-refractivity contribution is -0.122. The monoisotopic (exact) mass is 369 g/mol. The zero-order valence-electron chi connectivity index (χ0n) is 16.9. The summed E-state index contributed by atoms with van der Waals surface area (Å²) in [6.45, 7) is 7.99. The Labute approximate surface area is 162 Å². The lowest BCUT2D eigenvalue weighted by Crippen LogP contribution is -2.44. The second kappa shape index (κ2) is 8.67. The highest BCUT2D eigenvalue weighted by Crippen LogP contribution is 2.20. The van der Waals surface area contributed by atoms with Crippen molar-refractivity contribution in [2.45, 2.75) is 33.0 Å². The zero-order valence-corrected chi connectivity index (χ0v) is 16.9. The number of hydrogen-bond donors (Lipinski definition) is 1. The van der Waals surface area contributed by atoms with Gasteiger partial charge in [0, 0.05) is 43.8 Å². The van der Waals surface area contributed by atoms with Gasteiger partial charge in [0.1, 0.15) is 6.54 Å². The van der Waals surface area contributed by atoms with Gasteiger partial charge in [0.2, 0.25) is 5.91 Å². The van der Waals surface area contributed by atoms with E-state index in [1.165, 1.54) is 5.56 Å². The van der Waals surface area contributed by atoms with Gasteiger partial charge in [-0.25, -0.2) is 0 Å². The van der Waals surface area contributed by atoms with Crippen molar-refractivity contribution >= 4 is 5.91 Å². The summed E-state index contributed by atoms with van der Waals surface area (Å²) >= 11 is 0. The Morgan fingerprint density at radius 2 is 1.96 bits per heavy atom. The highest BCUT2D eigenvalue weighted by molar-refractivity contribution is 5.76. The van der Waals surface area contributed by atoms with Gasteiger partial charge in [0.25, 0.3) is 0 Å². The van der Waals surface area contributed by atoms with Crippen molar-refractivity contribution in [2.75, 3.05) is 33.7 Å². The normalized spacial score (nSPS) is 20.3. The maximum absolute atomic E-state index is 12.6. The second-order valence-electron chi connectivity index (χ2n) is 7.96. The highest BCUT2D eigenvalue weighted by Gasteiger charge is 2.34. The van der Waals surface area contributed by atoms with Crippen molar-refractivity contribution < 1.29 is 4.79 Å². The van der Waals surface area contributed by atoms with Crippen LogP contribution in [0.1, 0.15) is 17.0 Å². The molecule has 3 rings (SSSR count). The molecule has 0 spiro atoms.